The van der Waals surface area contributed by atoms with Gasteiger partial charge < -0.3 is 19.5 Å². The molecule has 3 aliphatic heterocycles. The molecule has 38 heavy (non-hydrogen) atoms. The van der Waals surface area contributed by atoms with E-state index in [4.69, 9.17) is 14.3 Å². The van der Waals surface area contributed by atoms with Crippen LogP contribution >= 0.6 is 0 Å². The molecule has 10 heteroatoms. The Labute approximate surface area is 224 Å². The molecular weight excluding hydrogens is 490 g/mol. The van der Waals surface area contributed by atoms with E-state index in [1.807, 2.05) is 41.8 Å². The topological polar surface area (TPSA) is 109 Å². The third-order valence-corrected chi connectivity index (χ3v) is 7.65. The number of hydrogen-bond acceptors (Lipinski definition) is 7. The number of fused-ring (bicyclic) bond motifs is 1. The number of carboxylic acid groups (broad SMARTS) is 1. The number of hydrogen-bond donors (Lipinski definition) is 1. The van der Waals surface area contributed by atoms with Gasteiger partial charge in [-0.3, -0.25) is 24.1 Å². The maximum atomic E-state index is 13.3. The zero-order chi connectivity index (χ0) is 27.4. The fourth-order valence-electron chi connectivity index (χ4n) is 5.93. The van der Waals surface area contributed by atoms with Gasteiger partial charge in [0.05, 0.1) is 19.1 Å². The number of carbonyl (C=O) groups is 3. The van der Waals surface area contributed by atoms with E-state index < -0.39 is 17.9 Å². The Morgan fingerprint density at radius 2 is 1.95 bits per heavy atom. The highest BCUT2D eigenvalue weighted by Crippen LogP contribution is 2.43. The molecule has 2 fully saturated rings. The van der Waals surface area contributed by atoms with E-state index in [0.29, 0.717) is 57.1 Å². The van der Waals surface area contributed by atoms with Gasteiger partial charge in [-0.2, -0.15) is 0 Å². The summed E-state index contributed by atoms with van der Waals surface area (Å²) >= 11 is 0. The van der Waals surface area contributed by atoms with Crippen molar-refractivity contribution in [1.82, 2.24) is 14.9 Å². The Hall–Kier alpha value is -2.85. The van der Waals surface area contributed by atoms with Crippen molar-refractivity contribution in [2.45, 2.75) is 65.3 Å². The van der Waals surface area contributed by atoms with Crippen molar-refractivity contribution in [3.8, 4) is 11.5 Å². The summed E-state index contributed by atoms with van der Waals surface area (Å²) < 4.78 is 11.0. The highest BCUT2D eigenvalue weighted by atomic mass is 16.7. The van der Waals surface area contributed by atoms with Gasteiger partial charge in [0, 0.05) is 44.6 Å². The number of carbonyl (C=O) groups excluding carboxylic acids is 2. The zero-order valence-electron chi connectivity index (χ0n) is 23.0. The van der Waals surface area contributed by atoms with Crippen molar-refractivity contribution >= 4 is 17.8 Å². The van der Waals surface area contributed by atoms with E-state index in [0.717, 1.165) is 18.4 Å². The summed E-state index contributed by atoms with van der Waals surface area (Å²) in [6, 6.07) is 5.13. The summed E-state index contributed by atoms with van der Waals surface area (Å²) in [5.74, 6) is -0.846. The van der Waals surface area contributed by atoms with E-state index >= 15 is 0 Å². The molecule has 1 unspecified atom stereocenters. The lowest BCUT2D eigenvalue weighted by molar-refractivity contribution is -0.188. The van der Waals surface area contributed by atoms with Crippen molar-refractivity contribution in [3.63, 3.8) is 0 Å². The molecule has 210 valence electrons. The molecule has 0 spiro atoms. The number of benzene rings is 1. The van der Waals surface area contributed by atoms with Crippen molar-refractivity contribution in [3.05, 3.63) is 23.8 Å². The third-order valence-electron chi connectivity index (χ3n) is 7.65. The largest absolute Gasteiger partial charge is 0.481 e. The summed E-state index contributed by atoms with van der Waals surface area (Å²) in [5, 5.41) is 11.8. The molecule has 4 rings (SSSR count). The Balaban J connectivity index is 1.58. The van der Waals surface area contributed by atoms with Gasteiger partial charge in [-0.05, 0) is 42.4 Å². The molecule has 0 saturated carbocycles. The van der Waals surface area contributed by atoms with Crippen LogP contribution in [-0.2, 0) is 19.2 Å². The Bertz CT molecular complexity index is 1030. The predicted molar refractivity (Wildman–Crippen MR) is 140 cm³/mol. The summed E-state index contributed by atoms with van der Waals surface area (Å²) in [6.07, 6.45) is 2.50. The molecule has 3 heterocycles. The Kier molecular flexibility index (Phi) is 8.82. The van der Waals surface area contributed by atoms with E-state index in [2.05, 4.69) is 13.8 Å². The SMILES string of the molecule is CCCON(CCC)C(=O)CN1C[C@H](c2ccc3c(c2)OCO3)C(C(=O)O)[C@@H]1CCN1CC(C)(C)CC1=O. The second-order valence-electron chi connectivity index (χ2n) is 11.4. The maximum absolute atomic E-state index is 13.3. The molecule has 1 aromatic carbocycles. The van der Waals surface area contributed by atoms with Crippen LogP contribution in [0.2, 0.25) is 0 Å². The first-order valence-electron chi connectivity index (χ1n) is 13.7. The molecule has 10 nitrogen and oxygen atoms in total. The van der Waals surface area contributed by atoms with Crippen molar-refractivity contribution < 1.29 is 33.8 Å². The lowest BCUT2D eigenvalue weighted by Crippen LogP contribution is -2.45. The maximum Gasteiger partial charge on any atom is 0.308 e. The average Bonchev–Trinajstić information content (AvgIpc) is 3.54. The van der Waals surface area contributed by atoms with Crippen molar-refractivity contribution in [2.75, 3.05) is 46.1 Å². The van der Waals surface area contributed by atoms with Gasteiger partial charge in [0.15, 0.2) is 11.5 Å². The van der Waals surface area contributed by atoms with Gasteiger partial charge in [-0.1, -0.05) is 33.8 Å². The van der Waals surface area contributed by atoms with Crippen LogP contribution < -0.4 is 9.47 Å². The summed E-state index contributed by atoms with van der Waals surface area (Å²) in [7, 11) is 0. The van der Waals surface area contributed by atoms with Gasteiger partial charge in [-0.25, -0.2) is 5.06 Å². The molecule has 0 radical (unpaired) electrons. The van der Waals surface area contributed by atoms with Gasteiger partial charge in [-0.15, -0.1) is 0 Å². The molecule has 3 atom stereocenters. The number of aliphatic carboxylic acids is 1. The first kappa shape index (κ1) is 28.2. The van der Waals surface area contributed by atoms with E-state index in [9.17, 15) is 19.5 Å². The fourth-order valence-corrected chi connectivity index (χ4v) is 5.93. The molecule has 2 saturated heterocycles. The number of carboxylic acids is 1. The normalized spacial score (nSPS) is 24.3. The summed E-state index contributed by atoms with van der Waals surface area (Å²) in [4.78, 5) is 48.2. The quantitative estimate of drug-likeness (QED) is 0.410. The number of likely N-dealkylation sites (tertiary alicyclic amines) is 2. The van der Waals surface area contributed by atoms with Crippen LogP contribution in [0.15, 0.2) is 18.2 Å². The van der Waals surface area contributed by atoms with E-state index in [-0.39, 0.29) is 36.5 Å². The third kappa shape index (κ3) is 6.23. The van der Waals surface area contributed by atoms with Crippen LogP contribution in [0.3, 0.4) is 0 Å². The van der Waals surface area contributed by atoms with Crippen LogP contribution in [0.25, 0.3) is 0 Å². The van der Waals surface area contributed by atoms with Gasteiger partial charge in [0.1, 0.15) is 0 Å². The van der Waals surface area contributed by atoms with E-state index in [1.54, 1.807) is 0 Å². The Morgan fingerprint density at radius 1 is 1.18 bits per heavy atom. The second kappa shape index (κ2) is 11.9. The van der Waals surface area contributed by atoms with Crippen LogP contribution in [0.5, 0.6) is 11.5 Å². The first-order valence-corrected chi connectivity index (χ1v) is 13.7. The number of amides is 2. The lowest BCUT2D eigenvalue weighted by Gasteiger charge is -2.30. The van der Waals surface area contributed by atoms with Crippen molar-refractivity contribution in [1.29, 1.82) is 0 Å². The Morgan fingerprint density at radius 3 is 2.61 bits per heavy atom. The monoisotopic (exact) mass is 531 g/mol. The minimum absolute atomic E-state index is 0.0542. The van der Waals surface area contributed by atoms with Crippen LogP contribution in [0.4, 0.5) is 0 Å². The number of rotatable bonds is 12. The lowest BCUT2D eigenvalue weighted by atomic mass is 9.84. The standard InChI is InChI=1S/C28H41N3O7/c1-5-10-31(38-12-6-2)25(33)16-30-15-20(19-7-8-22-23(13-19)37-18-36-22)26(27(34)35)21(30)9-11-29-17-28(3,4)14-24(29)32/h7-8,13,20-21,26H,5-6,9-12,14-18H2,1-4H3,(H,34,35)/t20-,21+,26?/m1/s1. The first-order chi connectivity index (χ1) is 18.1. The van der Waals surface area contributed by atoms with Crippen LogP contribution in [0.1, 0.15) is 64.9 Å². The molecule has 3 aliphatic rings. The minimum atomic E-state index is -0.909. The van der Waals surface area contributed by atoms with Gasteiger partial charge >= 0.3 is 5.97 Å². The van der Waals surface area contributed by atoms with Gasteiger partial charge in [0.2, 0.25) is 12.7 Å². The minimum Gasteiger partial charge on any atom is -0.481 e. The summed E-state index contributed by atoms with van der Waals surface area (Å²) in [5.41, 5.74) is 0.744. The predicted octanol–water partition coefficient (Wildman–Crippen LogP) is 3.11. The highest BCUT2D eigenvalue weighted by molar-refractivity contribution is 5.79. The molecule has 2 amide bonds. The summed E-state index contributed by atoms with van der Waals surface area (Å²) in [6.45, 7) is 10.7. The molecule has 0 aliphatic carbocycles. The second-order valence-corrected chi connectivity index (χ2v) is 11.4. The zero-order valence-corrected chi connectivity index (χ0v) is 23.0. The molecule has 1 N–H and O–H groups in total. The highest BCUT2D eigenvalue weighted by Gasteiger charge is 2.48. The van der Waals surface area contributed by atoms with E-state index in [1.165, 1.54) is 5.06 Å². The molecule has 0 aromatic heterocycles. The van der Waals surface area contributed by atoms with Crippen LogP contribution in [-0.4, -0.2) is 89.9 Å². The number of ether oxygens (including phenoxy) is 2. The molecule has 1 aromatic rings. The molecule has 0 bridgehead atoms. The van der Waals surface area contributed by atoms with Crippen molar-refractivity contribution in [2.24, 2.45) is 11.3 Å². The smallest absolute Gasteiger partial charge is 0.308 e. The van der Waals surface area contributed by atoms with Gasteiger partial charge in [0.25, 0.3) is 5.91 Å². The number of hydroxylamine groups is 2. The number of nitrogens with zero attached hydrogens (tertiary/aromatic N) is 3. The average molecular weight is 532 g/mol. The molecular formula is C28H41N3O7. The fraction of sp³-hybridized carbons (Fsp3) is 0.679. The van der Waals surface area contributed by atoms with Crippen LogP contribution in [0, 0.1) is 11.3 Å².